The maximum Gasteiger partial charge on any atom is 0.246 e. The topological polar surface area (TPSA) is 71.3 Å². The van der Waals surface area contributed by atoms with Crippen molar-refractivity contribution in [2.45, 2.75) is 25.9 Å². The van der Waals surface area contributed by atoms with Gasteiger partial charge in [-0.15, -0.1) is 0 Å². The van der Waals surface area contributed by atoms with E-state index < -0.39 is 0 Å². The fourth-order valence-corrected chi connectivity index (χ4v) is 3.95. The lowest BCUT2D eigenvalue weighted by molar-refractivity contribution is -0.127. The van der Waals surface area contributed by atoms with Gasteiger partial charge >= 0.3 is 0 Å². The minimum absolute atomic E-state index is 0.00472. The molecule has 1 saturated heterocycles. The molecule has 4 rings (SSSR count). The van der Waals surface area contributed by atoms with E-state index in [-0.39, 0.29) is 18.4 Å². The van der Waals surface area contributed by atoms with Crippen LogP contribution in [0.25, 0.3) is 11.4 Å². The summed E-state index contributed by atoms with van der Waals surface area (Å²) in [4.78, 5) is 19.3. The second-order valence-electron chi connectivity index (χ2n) is 7.40. The zero-order valence-electron chi connectivity index (χ0n) is 16.4. The van der Waals surface area contributed by atoms with E-state index in [4.69, 9.17) is 27.7 Å². The van der Waals surface area contributed by atoms with Crippen LogP contribution >= 0.6 is 23.2 Å². The summed E-state index contributed by atoms with van der Waals surface area (Å²) >= 11 is 12.2. The first-order chi connectivity index (χ1) is 14.6. The van der Waals surface area contributed by atoms with Crippen LogP contribution in [0.2, 0.25) is 10.0 Å². The third-order valence-electron chi connectivity index (χ3n) is 5.21. The molecule has 156 valence electrons. The molecular formula is C22H22Cl2N4O2. The molecule has 30 heavy (non-hydrogen) atoms. The Bertz CT molecular complexity index is 1010. The molecule has 1 aliphatic heterocycles. The molecule has 1 fully saturated rings. The van der Waals surface area contributed by atoms with Crippen molar-refractivity contribution in [2.75, 3.05) is 13.1 Å². The molecule has 1 aliphatic rings. The molecule has 0 radical (unpaired) electrons. The summed E-state index contributed by atoms with van der Waals surface area (Å²) in [7, 11) is 0. The molecule has 1 amide bonds. The van der Waals surface area contributed by atoms with E-state index in [0.717, 1.165) is 42.1 Å². The van der Waals surface area contributed by atoms with Gasteiger partial charge in [-0.1, -0.05) is 46.6 Å². The summed E-state index contributed by atoms with van der Waals surface area (Å²) in [6.45, 7) is 2.62. The number of amides is 1. The lowest BCUT2D eigenvalue weighted by atomic mass is 9.96. The molecule has 0 spiro atoms. The SMILES string of the molecule is O=C(NCc1nc(-c2ccc(Cl)cc2)no1)[C@H]1CCCN(Cc2ccccc2Cl)C1. The van der Waals surface area contributed by atoms with Gasteiger partial charge in [-0.05, 0) is 55.3 Å². The molecule has 1 N–H and O–H groups in total. The third-order valence-corrected chi connectivity index (χ3v) is 5.83. The number of aromatic nitrogens is 2. The standard InChI is InChI=1S/C22H22Cl2N4O2/c23-18-9-7-15(8-10-18)21-26-20(30-27-21)12-25-22(29)17-5-3-11-28(14-17)13-16-4-1-2-6-19(16)24/h1-2,4,6-10,17H,3,5,11-14H2,(H,25,29)/t17-/m0/s1. The van der Waals surface area contributed by atoms with Crippen LogP contribution in [0.5, 0.6) is 0 Å². The van der Waals surface area contributed by atoms with Gasteiger partial charge < -0.3 is 9.84 Å². The number of likely N-dealkylation sites (tertiary alicyclic amines) is 1. The van der Waals surface area contributed by atoms with Gasteiger partial charge in [0.15, 0.2) is 0 Å². The van der Waals surface area contributed by atoms with E-state index in [1.54, 1.807) is 12.1 Å². The highest BCUT2D eigenvalue weighted by Gasteiger charge is 2.26. The second-order valence-corrected chi connectivity index (χ2v) is 8.25. The second kappa shape index (κ2) is 9.60. The summed E-state index contributed by atoms with van der Waals surface area (Å²) in [5.74, 6) is 0.779. The molecule has 2 heterocycles. The lowest BCUT2D eigenvalue weighted by Gasteiger charge is -2.32. The number of halogens is 2. The molecule has 1 aromatic heterocycles. The number of rotatable bonds is 6. The van der Waals surface area contributed by atoms with E-state index in [2.05, 4.69) is 20.4 Å². The zero-order valence-corrected chi connectivity index (χ0v) is 17.9. The van der Waals surface area contributed by atoms with Crippen LogP contribution in [0.3, 0.4) is 0 Å². The Kier molecular flexibility index (Phi) is 6.67. The minimum atomic E-state index is -0.0695. The predicted octanol–water partition coefficient (Wildman–Crippen LogP) is 4.57. The van der Waals surface area contributed by atoms with Gasteiger partial charge in [-0.25, -0.2) is 0 Å². The largest absolute Gasteiger partial charge is 0.347 e. The number of hydrogen-bond donors (Lipinski definition) is 1. The number of nitrogens with one attached hydrogen (secondary N) is 1. The van der Waals surface area contributed by atoms with Gasteiger partial charge in [0.25, 0.3) is 0 Å². The Morgan fingerprint density at radius 3 is 2.77 bits per heavy atom. The summed E-state index contributed by atoms with van der Waals surface area (Å²) in [5.41, 5.74) is 1.89. The molecular weight excluding hydrogens is 423 g/mol. The predicted molar refractivity (Wildman–Crippen MR) is 116 cm³/mol. The van der Waals surface area contributed by atoms with Gasteiger partial charge in [0.2, 0.25) is 17.6 Å². The quantitative estimate of drug-likeness (QED) is 0.602. The average Bonchev–Trinajstić information content (AvgIpc) is 3.23. The average molecular weight is 445 g/mol. The molecule has 8 heteroatoms. The minimum Gasteiger partial charge on any atom is -0.347 e. The normalized spacial score (nSPS) is 17.1. The molecule has 3 aromatic rings. The van der Waals surface area contributed by atoms with Crippen molar-refractivity contribution >= 4 is 29.1 Å². The van der Waals surface area contributed by atoms with Gasteiger partial charge in [0, 0.05) is 28.7 Å². The Morgan fingerprint density at radius 2 is 1.97 bits per heavy atom. The van der Waals surface area contributed by atoms with Crippen molar-refractivity contribution in [3.8, 4) is 11.4 Å². The van der Waals surface area contributed by atoms with Crippen LogP contribution in [0.1, 0.15) is 24.3 Å². The number of benzene rings is 2. The highest BCUT2D eigenvalue weighted by atomic mass is 35.5. The van der Waals surface area contributed by atoms with Crippen LogP contribution in [-0.4, -0.2) is 34.0 Å². The highest BCUT2D eigenvalue weighted by Crippen LogP contribution is 2.23. The van der Waals surface area contributed by atoms with Crippen molar-refractivity contribution in [3.05, 3.63) is 70.0 Å². The monoisotopic (exact) mass is 444 g/mol. The fraction of sp³-hybridized carbons (Fsp3) is 0.318. The third kappa shape index (κ3) is 5.19. The molecule has 6 nitrogen and oxygen atoms in total. The number of hydrogen-bond acceptors (Lipinski definition) is 5. The first kappa shape index (κ1) is 20.8. The fourth-order valence-electron chi connectivity index (χ4n) is 3.63. The van der Waals surface area contributed by atoms with Crippen LogP contribution < -0.4 is 5.32 Å². The number of piperidine rings is 1. The Morgan fingerprint density at radius 1 is 1.17 bits per heavy atom. The number of nitrogens with zero attached hydrogens (tertiary/aromatic N) is 3. The Balaban J connectivity index is 1.30. The van der Waals surface area contributed by atoms with Crippen LogP contribution in [0, 0.1) is 5.92 Å². The zero-order chi connectivity index (χ0) is 20.9. The molecule has 0 bridgehead atoms. The first-order valence-corrected chi connectivity index (χ1v) is 10.7. The van der Waals surface area contributed by atoms with E-state index in [1.807, 2.05) is 36.4 Å². The Hall–Kier alpha value is -2.41. The van der Waals surface area contributed by atoms with Gasteiger partial charge in [0.05, 0.1) is 12.5 Å². The van der Waals surface area contributed by atoms with Crippen molar-refractivity contribution in [3.63, 3.8) is 0 Å². The van der Waals surface area contributed by atoms with Crippen LogP contribution in [-0.2, 0) is 17.9 Å². The number of carbonyl (C=O) groups excluding carboxylic acids is 1. The van der Waals surface area contributed by atoms with E-state index >= 15 is 0 Å². The number of carbonyl (C=O) groups is 1. The summed E-state index contributed by atoms with van der Waals surface area (Å²) in [6, 6.07) is 15.0. The summed E-state index contributed by atoms with van der Waals surface area (Å²) in [5, 5.41) is 8.31. The van der Waals surface area contributed by atoms with Gasteiger partial charge in [-0.3, -0.25) is 9.69 Å². The van der Waals surface area contributed by atoms with Crippen LogP contribution in [0.15, 0.2) is 53.1 Å². The van der Waals surface area contributed by atoms with Gasteiger partial charge in [-0.2, -0.15) is 4.98 Å². The smallest absolute Gasteiger partial charge is 0.246 e. The summed E-state index contributed by atoms with van der Waals surface area (Å²) < 4.78 is 5.27. The van der Waals surface area contributed by atoms with Crippen molar-refractivity contribution < 1.29 is 9.32 Å². The van der Waals surface area contributed by atoms with E-state index in [9.17, 15) is 4.79 Å². The van der Waals surface area contributed by atoms with E-state index in [1.165, 1.54) is 0 Å². The maximum absolute atomic E-state index is 12.7. The van der Waals surface area contributed by atoms with E-state index in [0.29, 0.717) is 23.3 Å². The van der Waals surface area contributed by atoms with Crippen molar-refractivity contribution in [1.29, 1.82) is 0 Å². The van der Waals surface area contributed by atoms with Crippen LogP contribution in [0.4, 0.5) is 0 Å². The molecule has 2 aromatic carbocycles. The molecule has 0 aliphatic carbocycles. The first-order valence-electron chi connectivity index (χ1n) is 9.90. The highest BCUT2D eigenvalue weighted by molar-refractivity contribution is 6.31. The van der Waals surface area contributed by atoms with Crippen molar-refractivity contribution in [2.24, 2.45) is 5.92 Å². The molecule has 0 saturated carbocycles. The maximum atomic E-state index is 12.7. The van der Waals surface area contributed by atoms with Gasteiger partial charge in [0.1, 0.15) is 0 Å². The summed E-state index contributed by atoms with van der Waals surface area (Å²) in [6.07, 6.45) is 1.84. The lowest BCUT2D eigenvalue weighted by Crippen LogP contribution is -2.42. The van der Waals surface area contributed by atoms with Crippen molar-refractivity contribution in [1.82, 2.24) is 20.4 Å². The Labute approximate surface area is 185 Å². The molecule has 1 atom stereocenters. The molecule has 0 unspecified atom stereocenters.